The second-order valence-corrected chi connectivity index (χ2v) is 5.44. The first kappa shape index (κ1) is 14.5. The minimum Gasteiger partial charge on any atom is -0.373 e. The zero-order chi connectivity index (χ0) is 10.4. The van der Waals surface area contributed by atoms with Crippen LogP contribution in [0.2, 0.25) is 0 Å². The lowest BCUT2D eigenvalue weighted by atomic mass is 10.4. The van der Waals surface area contributed by atoms with Gasteiger partial charge in [-0.25, -0.2) is 0 Å². The summed E-state index contributed by atoms with van der Waals surface area (Å²) in [6.07, 6.45) is 0. The second kappa shape index (κ2) is 6.88. The third-order valence-corrected chi connectivity index (χ3v) is 4.60. The van der Waals surface area contributed by atoms with Gasteiger partial charge >= 0.3 is 8.80 Å². The normalized spacial score (nSPS) is 10.9. The first-order valence-corrected chi connectivity index (χ1v) is 6.01. The Balaban J connectivity index is 0.00000196. The summed E-state index contributed by atoms with van der Waals surface area (Å²) in [4.78, 5) is 0. The summed E-state index contributed by atoms with van der Waals surface area (Å²) in [6.45, 7) is 0.0861. The lowest BCUT2D eigenvalue weighted by Crippen LogP contribution is -2.56. The van der Waals surface area contributed by atoms with Crippen molar-refractivity contribution in [1.29, 1.82) is 0 Å². The molecular formula is C9H19NO3Si2. The molecule has 0 aliphatic carbocycles. The van der Waals surface area contributed by atoms with Gasteiger partial charge in [0, 0.05) is 19.4 Å². The van der Waals surface area contributed by atoms with Gasteiger partial charge in [-0.2, -0.15) is 0 Å². The molecule has 1 rings (SSSR count). The highest BCUT2D eigenvalue weighted by atomic mass is 28.4. The highest BCUT2D eigenvalue weighted by Gasteiger charge is 2.41. The molecule has 15 heavy (non-hydrogen) atoms. The van der Waals surface area contributed by atoms with Crippen LogP contribution in [0.3, 0.4) is 0 Å². The Bertz CT molecular complexity index is 267. The zero-order valence-corrected chi connectivity index (χ0v) is 9.40. The topological polar surface area (TPSA) is 53.7 Å². The van der Waals surface area contributed by atoms with Crippen LogP contribution in [-0.2, 0) is 13.3 Å². The van der Waals surface area contributed by atoms with Gasteiger partial charge in [0.05, 0.1) is 6.73 Å². The van der Waals surface area contributed by atoms with Crippen molar-refractivity contribution in [2.75, 3.05) is 21.0 Å². The van der Waals surface area contributed by atoms with Crippen LogP contribution in [0.15, 0.2) is 30.3 Å². The monoisotopic (exact) mass is 245 g/mol. The van der Waals surface area contributed by atoms with Gasteiger partial charge < -0.3 is 19.0 Å². The molecule has 0 aromatic heterocycles. The van der Waals surface area contributed by atoms with Crippen molar-refractivity contribution in [3.63, 3.8) is 0 Å². The van der Waals surface area contributed by atoms with E-state index in [0.29, 0.717) is 0 Å². The average molecular weight is 245 g/mol. The summed E-state index contributed by atoms with van der Waals surface area (Å²) in [7, 11) is 0.391. The van der Waals surface area contributed by atoms with Crippen LogP contribution < -0.4 is 10.9 Å². The largest absolute Gasteiger partial charge is 0.537 e. The molecule has 4 nitrogen and oxygen atoms in total. The van der Waals surface area contributed by atoms with Gasteiger partial charge in [0.25, 0.3) is 0 Å². The van der Waals surface area contributed by atoms with Gasteiger partial charge in [-0.15, -0.1) is 0 Å². The van der Waals surface area contributed by atoms with Crippen molar-refractivity contribution >= 4 is 25.0 Å². The fraction of sp³-hybridized carbons (Fsp3) is 0.333. The van der Waals surface area contributed by atoms with E-state index in [0.717, 1.165) is 5.19 Å². The predicted molar refractivity (Wildman–Crippen MR) is 67.3 cm³/mol. The van der Waals surface area contributed by atoms with Crippen molar-refractivity contribution < 1.29 is 13.3 Å². The Labute approximate surface area is 95.7 Å². The van der Waals surface area contributed by atoms with Crippen molar-refractivity contribution in [2.24, 2.45) is 5.73 Å². The predicted octanol–water partition coefficient (Wildman–Crippen LogP) is -1.39. The van der Waals surface area contributed by atoms with Crippen molar-refractivity contribution in [2.45, 2.75) is 0 Å². The number of hydrogen-bond acceptors (Lipinski definition) is 4. The quantitative estimate of drug-likeness (QED) is 0.512. The minimum absolute atomic E-state index is 0. The molecule has 2 N–H and O–H groups in total. The third kappa shape index (κ3) is 3.23. The SMILES string of the molecule is CO[Si](OC)(OCN)c1ccccc1.[SiH4]. The smallest absolute Gasteiger partial charge is 0.373 e. The Morgan fingerprint density at radius 1 is 1.13 bits per heavy atom. The van der Waals surface area contributed by atoms with Crippen LogP contribution in [0.25, 0.3) is 0 Å². The molecule has 1 aromatic carbocycles. The molecule has 0 radical (unpaired) electrons. The molecule has 0 aliphatic rings. The van der Waals surface area contributed by atoms with Crippen molar-refractivity contribution in [3.05, 3.63) is 30.3 Å². The van der Waals surface area contributed by atoms with Gasteiger partial charge in [0.15, 0.2) is 0 Å². The number of nitrogens with two attached hydrogens (primary N) is 1. The molecule has 0 unspecified atom stereocenters. The first-order chi connectivity index (χ1) is 6.79. The fourth-order valence-electron chi connectivity index (χ4n) is 1.27. The fourth-order valence-corrected chi connectivity index (χ4v) is 3.13. The maximum absolute atomic E-state index is 5.39. The maximum atomic E-state index is 5.39. The average Bonchev–Trinajstić information content (AvgIpc) is 2.27. The Morgan fingerprint density at radius 3 is 2.07 bits per heavy atom. The summed E-state index contributed by atoms with van der Waals surface area (Å²) in [6, 6.07) is 9.57. The molecule has 0 aliphatic heterocycles. The van der Waals surface area contributed by atoms with Crippen LogP contribution in [0.5, 0.6) is 0 Å². The molecule has 0 amide bonds. The highest BCUT2D eigenvalue weighted by Crippen LogP contribution is 2.06. The summed E-state index contributed by atoms with van der Waals surface area (Å²) < 4.78 is 16.0. The molecule has 0 bridgehead atoms. The first-order valence-electron chi connectivity index (χ1n) is 4.29. The van der Waals surface area contributed by atoms with Gasteiger partial charge in [0.1, 0.15) is 0 Å². The molecule has 0 saturated carbocycles. The lowest BCUT2D eigenvalue weighted by Gasteiger charge is -2.25. The van der Waals surface area contributed by atoms with Gasteiger partial charge in [0.2, 0.25) is 0 Å². The molecule has 0 heterocycles. The Morgan fingerprint density at radius 2 is 1.67 bits per heavy atom. The number of benzene rings is 1. The van der Waals surface area contributed by atoms with E-state index in [4.69, 9.17) is 19.0 Å². The van der Waals surface area contributed by atoms with Crippen molar-refractivity contribution in [1.82, 2.24) is 0 Å². The summed E-state index contributed by atoms with van der Waals surface area (Å²) in [5.41, 5.74) is 5.36. The molecule has 1 aromatic rings. The van der Waals surface area contributed by atoms with Gasteiger partial charge in [-0.3, -0.25) is 0 Å². The summed E-state index contributed by atoms with van der Waals surface area (Å²) in [5.74, 6) is 0. The van der Waals surface area contributed by atoms with Crippen LogP contribution in [0.1, 0.15) is 0 Å². The molecule has 0 atom stereocenters. The van der Waals surface area contributed by atoms with Crippen LogP contribution in [0.4, 0.5) is 0 Å². The van der Waals surface area contributed by atoms with E-state index in [1.807, 2.05) is 30.3 Å². The van der Waals surface area contributed by atoms with Crippen molar-refractivity contribution in [3.8, 4) is 0 Å². The van der Waals surface area contributed by atoms with E-state index in [1.165, 1.54) is 0 Å². The van der Waals surface area contributed by atoms with E-state index in [2.05, 4.69) is 0 Å². The number of hydrogen-bond donors (Lipinski definition) is 1. The van der Waals surface area contributed by atoms with Crippen LogP contribution in [-0.4, -0.2) is 40.7 Å². The Hall–Kier alpha value is -0.506. The molecule has 6 heteroatoms. The van der Waals surface area contributed by atoms with Gasteiger partial charge in [-0.05, 0) is 11.0 Å². The minimum atomic E-state index is -2.74. The molecule has 0 spiro atoms. The zero-order valence-electron chi connectivity index (χ0n) is 8.40. The maximum Gasteiger partial charge on any atom is 0.537 e. The summed E-state index contributed by atoms with van der Waals surface area (Å²) >= 11 is 0. The Kier molecular flexibility index (Phi) is 6.65. The van der Waals surface area contributed by atoms with Gasteiger partial charge in [-0.1, -0.05) is 30.3 Å². The third-order valence-electron chi connectivity index (χ3n) is 1.94. The van der Waals surface area contributed by atoms with Crippen LogP contribution in [0, 0.1) is 0 Å². The van der Waals surface area contributed by atoms with E-state index in [-0.39, 0.29) is 17.7 Å². The van der Waals surface area contributed by atoms with E-state index in [9.17, 15) is 0 Å². The second-order valence-electron chi connectivity index (χ2n) is 2.64. The van der Waals surface area contributed by atoms with Crippen LogP contribution >= 0.6 is 0 Å². The standard InChI is InChI=1S/C9H15NO3Si.H4Si/c1-11-14(12-2,13-8-10)9-6-4-3-5-7-9;/h3-7H,8,10H2,1-2H3;1H4. The lowest BCUT2D eigenvalue weighted by molar-refractivity contribution is 0.117. The highest BCUT2D eigenvalue weighted by molar-refractivity contribution is 6.75. The van der Waals surface area contributed by atoms with E-state index in [1.54, 1.807) is 14.2 Å². The molecule has 86 valence electrons. The van der Waals surface area contributed by atoms with E-state index < -0.39 is 8.80 Å². The number of rotatable bonds is 5. The summed E-state index contributed by atoms with van der Waals surface area (Å²) in [5, 5.41) is 0.912. The molecular weight excluding hydrogens is 226 g/mol. The molecule has 0 fully saturated rings. The van der Waals surface area contributed by atoms with E-state index >= 15 is 0 Å². The molecule has 0 saturated heterocycles.